The molecule has 0 saturated carbocycles. The van der Waals surface area contributed by atoms with Crippen LogP contribution in [0.5, 0.6) is 0 Å². The monoisotopic (exact) mass is 375 g/mol. The molecule has 0 aromatic carbocycles. The molecule has 114 valence electrons. The number of pyridine rings is 1. The average Bonchev–Trinajstić information content (AvgIpc) is 2.85. The molecule has 2 heterocycles. The third-order valence-electron chi connectivity index (χ3n) is 2.71. The molecule has 0 aliphatic carbocycles. The highest BCUT2D eigenvalue weighted by Gasteiger charge is 2.26. The molecule has 0 fully saturated rings. The second kappa shape index (κ2) is 6.62. The summed E-state index contributed by atoms with van der Waals surface area (Å²) in [5, 5.41) is 3.87. The van der Waals surface area contributed by atoms with Gasteiger partial charge in [0.05, 0.1) is 23.0 Å². The Labute approximate surface area is 135 Å². The van der Waals surface area contributed by atoms with Gasteiger partial charge in [-0.2, -0.15) is 0 Å². The minimum atomic E-state index is -0.597. The number of aromatic nitrogens is 1. The Balaban J connectivity index is 2.24. The van der Waals surface area contributed by atoms with Crippen LogP contribution < -0.4 is 5.73 Å². The molecule has 2 N–H and O–H groups in total. The number of carbonyl (C=O) groups is 1. The van der Waals surface area contributed by atoms with Crippen molar-refractivity contribution in [1.29, 1.82) is 0 Å². The van der Waals surface area contributed by atoms with Crippen LogP contribution in [0.15, 0.2) is 11.2 Å². The van der Waals surface area contributed by atoms with E-state index in [1.165, 1.54) is 0 Å². The van der Waals surface area contributed by atoms with Gasteiger partial charge >= 0.3 is 5.97 Å². The molecule has 21 heavy (non-hydrogen) atoms. The third-order valence-corrected chi connectivity index (χ3v) is 3.58. The molecule has 8 heteroatoms. The van der Waals surface area contributed by atoms with Gasteiger partial charge in [0.2, 0.25) is 0 Å². The van der Waals surface area contributed by atoms with Gasteiger partial charge in [0, 0.05) is 6.42 Å². The number of rotatable bonds is 4. The molecular weight excluding hydrogens is 362 g/mol. The van der Waals surface area contributed by atoms with E-state index in [2.05, 4.69) is 26.1 Å². The van der Waals surface area contributed by atoms with Crippen molar-refractivity contribution >= 4 is 43.8 Å². The SMILES string of the molecule is CC(C)COC(=O)c1nc(C2CC(Br)=NO2)cc(N)c1Cl. The van der Waals surface area contributed by atoms with E-state index in [0.717, 1.165) is 0 Å². The molecule has 0 bridgehead atoms. The van der Waals surface area contributed by atoms with Crippen LogP contribution in [0.4, 0.5) is 5.69 Å². The highest BCUT2D eigenvalue weighted by atomic mass is 79.9. The summed E-state index contributed by atoms with van der Waals surface area (Å²) >= 11 is 9.29. The van der Waals surface area contributed by atoms with Gasteiger partial charge in [0.15, 0.2) is 11.8 Å². The summed E-state index contributed by atoms with van der Waals surface area (Å²) in [5.74, 6) is -0.379. The van der Waals surface area contributed by atoms with Crippen LogP contribution in [-0.2, 0) is 9.57 Å². The summed E-state index contributed by atoms with van der Waals surface area (Å²) in [5.41, 5.74) is 6.58. The molecule has 1 aliphatic rings. The highest BCUT2D eigenvalue weighted by molar-refractivity contribution is 9.18. The Hall–Kier alpha value is -1.34. The Morgan fingerprint density at radius 3 is 2.95 bits per heavy atom. The van der Waals surface area contributed by atoms with E-state index < -0.39 is 12.1 Å². The van der Waals surface area contributed by atoms with Crippen LogP contribution >= 0.6 is 27.5 Å². The fourth-order valence-corrected chi connectivity index (χ4v) is 2.24. The van der Waals surface area contributed by atoms with Crippen molar-refractivity contribution in [3.8, 4) is 0 Å². The summed E-state index contributed by atoms with van der Waals surface area (Å²) in [4.78, 5) is 21.5. The van der Waals surface area contributed by atoms with Gasteiger partial charge in [-0.05, 0) is 27.9 Å². The average molecular weight is 377 g/mol. The van der Waals surface area contributed by atoms with Crippen molar-refractivity contribution in [3.63, 3.8) is 0 Å². The largest absolute Gasteiger partial charge is 0.461 e. The molecule has 2 rings (SSSR count). The number of nitrogens with zero attached hydrogens (tertiary/aromatic N) is 2. The number of esters is 1. The first-order valence-electron chi connectivity index (χ1n) is 6.39. The predicted molar refractivity (Wildman–Crippen MR) is 83.6 cm³/mol. The number of ether oxygens (including phenoxy) is 1. The van der Waals surface area contributed by atoms with E-state index in [0.29, 0.717) is 16.7 Å². The molecule has 1 aromatic heterocycles. The first-order valence-corrected chi connectivity index (χ1v) is 7.56. The second-order valence-electron chi connectivity index (χ2n) is 5.06. The summed E-state index contributed by atoms with van der Waals surface area (Å²) in [6, 6.07) is 1.58. The van der Waals surface area contributed by atoms with Crippen LogP contribution in [0.2, 0.25) is 5.02 Å². The lowest BCUT2D eigenvalue weighted by atomic mass is 10.1. The van der Waals surface area contributed by atoms with Gasteiger partial charge in [0.25, 0.3) is 0 Å². The fraction of sp³-hybridized carbons (Fsp3) is 0.462. The molecule has 0 saturated heterocycles. The predicted octanol–water partition coefficient (Wildman–Crippen LogP) is 3.30. The van der Waals surface area contributed by atoms with Gasteiger partial charge in [-0.25, -0.2) is 9.78 Å². The van der Waals surface area contributed by atoms with Crippen LogP contribution in [0, 0.1) is 5.92 Å². The minimum Gasteiger partial charge on any atom is -0.461 e. The normalized spacial score (nSPS) is 17.6. The zero-order chi connectivity index (χ0) is 15.6. The number of nitrogens with two attached hydrogens (primary N) is 1. The standard InChI is InChI=1S/C13H15BrClN3O3/c1-6(2)5-20-13(19)12-11(15)7(16)3-8(17-12)9-4-10(14)18-21-9/h3,6,9H,4-5H2,1-2H3,(H2,16,17). The van der Waals surface area contributed by atoms with E-state index in [4.69, 9.17) is 26.9 Å². The van der Waals surface area contributed by atoms with E-state index in [9.17, 15) is 4.79 Å². The van der Waals surface area contributed by atoms with Gasteiger partial charge in [0.1, 0.15) is 4.62 Å². The maximum atomic E-state index is 12.1. The maximum absolute atomic E-state index is 12.1. The highest BCUT2D eigenvalue weighted by Crippen LogP contribution is 2.32. The van der Waals surface area contributed by atoms with E-state index in [-0.39, 0.29) is 28.9 Å². The number of nitrogen functional groups attached to an aromatic ring is 1. The van der Waals surface area contributed by atoms with E-state index in [1.807, 2.05) is 13.8 Å². The Morgan fingerprint density at radius 1 is 1.67 bits per heavy atom. The third kappa shape index (κ3) is 3.85. The molecule has 0 radical (unpaired) electrons. The summed E-state index contributed by atoms with van der Waals surface area (Å²) in [7, 11) is 0. The number of carbonyl (C=O) groups excluding carboxylic acids is 1. The Bertz CT molecular complexity index is 592. The number of hydrogen-bond donors (Lipinski definition) is 1. The summed E-state index contributed by atoms with van der Waals surface area (Å²) in [6.07, 6.45) is 0.129. The van der Waals surface area contributed by atoms with Gasteiger partial charge in [-0.1, -0.05) is 30.6 Å². The van der Waals surface area contributed by atoms with Crippen LogP contribution in [0.1, 0.15) is 42.6 Å². The van der Waals surface area contributed by atoms with Crippen molar-refractivity contribution in [2.75, 3.05) is 12.3 Å². The summed E-state index contributed by atoms with van der Waals surface area (Å²) in [6.45, 7) is 4.16. The minimum absolute atomic E-state index is 0.000982. The number of hydrogen-bond acceptors (Lipinski definition) is 6. The van der Waals surface area contributed by atoms with Crippen molar-refractivity contribution < 1.29 is 14.4 Å². The Morgan fingerprint density at radius 2 is 2.38 bits per heavy atom. The lowest BCUT2D eigenvalue weighted by molar-refractivity contribution is 0.0449. The smallest absolute Gasteiger partial charge is 0.358 e. The molecule has 1 aliphatic heterocycles. The lowest BCUT2D eigenvalue weighted by Crippen LogP contribution is -2.15. The maximum Gasteiger partial charge on any atom is 0.358 e. The van der Waals surface area contributed by atoms with Crippen LogP contribution in [0.3, 0.4) is 0 Å². The molecule has 1 atom stereocenters. The molecular formula is C13H15BrClN3O3. The van der Waals surface area contributed by atoms with E-state index in [1.54, 1.807) is 6.07 Å². The lowest BCUT2D eigenvalue weighted by Gasteiger charge is -2.13. The van der Waals surface area contributed by atoms with Crippen LogP contribution in [0.25, 0.3) is 0 Å². The van der Waals surface area contributed by atoms with Crippen molar-refractivity contribution in [3.05, 3.63) is 22.5 Å². The first kappa shape index (κ1) is 16.0. The topological polar surface area (TPSA) is 86.8 Å². The number of oxime groups is 1. The number of anilines is 1. The zero-order valence-electron chi connectivity index (χ0n) is 11.6. The summed E-state index contributed by atoms with van der Waals surface area (Å²) < 4.78 is 5.82. The first-order chi connectivity index (χ1) is 9.88. The molecule has 1 unspecified atom stereocenters. The molecule has 6 nitrogen and oxygen atoms in total. The van der Waals surface area contributed by atoms with Gasteiger partial charge < -0.3 is 15.3 Å². The number of halogens is 2. The second-order valence-corrected chi connectivity index (χ2v) is 6.35. The van der Waals surface area contributed by atoms with E-state index >= 15 is 0 Å². The van der Waals surface area contributed by atoms with Crippen molar-refractivity contribution in [2.24, 2.45) is 11.1 Å². The quantitative estimate of drug-likeness (QED) is 0.815. The molecule has 1 aromatic rings. The van der Waals surface area contributed by atoms with Gasteiger partial charge in [-0.3, -0.25) is 0 Å². The Kier molecular flexibility index (Phi) is 5.05. The zero-order valence-corrected chi connectivity index (χ0v) is 13.9. The molecule has 0 spiro atoms. The molecule has 0 amide bonds. The van der Waals surface area contributed by atoms with Crippen molar-refractivity contribution in [1.82, 2.24) is 4.98 Å². The van der Waals surface area contributed by atoms with Crippen molar-refractivity contribution in [2.45, 2.75) is 26.4 Å². The fourth-order valence-electron chi connectivity index (χ4n) is 1.69. The van der Waals surface area contributed by atoms with Gasteiger partial charge in [-0.15, -0.1) is 0 Å². The van der Waals surface area contributed by atoms with Crippen LogP contribution in [-0.4, -0.2) is 22.2 Å².